The van der Waals surface area contributed by atoms with Crippen LogP contribution in [0.4, 0.5) is 26.3 Å². The third kappa shape index (κ3) is 24.5. The first-order valence-electron chi connectivity index (χ1n) is 9.21. The van der Waals surface area contributed by atoms with E-state index in [1.165, 1.54) is 12.1 Å². The van der Waals surface area contributed by atoms with E-state index in [-0.39, 0.29) is 25.8 Å². The Morgan fingerprint density at radius 1 is 0.667 bits per heavy atom. The van der Waals surface area contributed by atoms with Gasteiger partial charge >= 0.3 is 79.4 Å². The number of aliphatic hydroxyl groups excluding tert-OH is 3. The van der Waals surface area contributed by atoms with Crippen molar-refractivity contribution in [3.8, 4) is 0 Å². The molecule has 180 valence electrons. The van der Waals surface area contributed by atoms with E-state index >= 15 is 0 Å². The average molecular weight is 677 g/mol. The second-order valence-electron chi connectivity index (χ2n) is 7.46. The van der Waals surface area contributed by atoms with Crippen LogP contribution in [-0.2, 0) is 25.8 Å². The fourth-order valence-electron chi connectivity index (χ4n) is 1.14. The fourth-order valence-corrected chi connectivity index (χ4v) is 4.78. The third-order valence-corrected chi connectivity index (χ3v) is 7.73. The second-order valence-corrected chi connectivity index (χ2v) is 13.4. The summed E-state index contributed by atoms with van der Waals surface area (Å²) in [6.07, 6.45) is 0. The van der Waals surface area contributed by atoms with Crippen LogP contribution in [-0.4, -0.2) is 59.5 Å². The van der Waals surface area contributed by atoms with Crippen molar-refractivity contribution < 1.29 is 67.5 Å². The first-order valence-corrected chi connectivity index (χ1v) is 12.8. The normalized spacial score (nSPS) is 11.2. The van der Waals surface area contributed by atoms with Crippen molar-refractivity contribution in [2.45, 2.75) is 51.6 Å². The number of hydrogen-bond acceptors (Lipinski definition) is 3. The number of alkyl halides is 6. The van der Waals surface area contributed by atoms with E-state index < -0.39 is 28.8 Å². The van der Waals surface area contributed by atoms with Crippen molar-refractivity contribution in [2.75, 3.05) is 19.8 Å². The molecule has 0 fully saturated rings. The molecule has 0 atom stereocenters. The Hall–Kier alpha value is 0.223. The van der Waals surface area contributed by atoms with E-state index in [4.69, 9.17) is 15.3 Å². The Kier molecular flexibility index (Phi) is 24.9. The van der Waals surface area contributed by atoms with Gasteiger partial charge in [-0.1, -0.05) is 41.5 Å². The molecule has 0 aliphatic heterocycles. The Balaban J connectivity index is -0.000000176. The molecule has 30 heavy (non-hydrogen) atoms. The van der Waals surface area contributed by atoms with Crippen molar-refractivity contribution in [3.05, 3.63) is 24.3 Å². The zero-order valence-corrected chi connectivity index (χ0v) is 24.4. The van der Waals surface area contributed by atoms with Crippen molar-refractivity contribution in [2.24, 2.45) is 17.8 Å². The Bertz CT molecular complexity index is 431. The minimum Gasteiger partial charge on any atom is 0 e. The maximum absolute atomic E-state index is 12.1. The van der Waals surface area contributed by atoms with Crippen LogP contribution < -0.4 is 4.40 Å². The van der Waals surface area contributed by atoms with E-state index in [9.17, 15) is 26.3 Å². The minimum absolute atomic E-state index is 0. The quantitative estimate of drug-likeness (QED) is 0.258. The van der Waals surface area contributed by atoms with Crippen LogP contribution in [0.5, 0.6) is 0 Å². The van der Waals surface area contributed by atoms with Crippen LogP contribution in [0.15, 0.2) is 24.3 Å². The molecule has 0 aromatic heterocycles. The Labute approximate surface area is 199 Å². The van der Waals surface area contributed by atoms with Gasteiger partial charge in [0.05, 0.1) is 0 Å². The van der Waals surface area contributed by atoms with Gasteiger partial charge in [0.2, 0.25) is 0 Å². The number of hydrogen-bond donors (Lipinski definition) is 3. The summed E-state index contributed by atoms with van der Waals surface area (Å²) < 4.78 is 72.3. The summed E-state index contributed by atoms with van der Waals surface area (Å²) in [7, 11) is 0. The van der Waals surface area contributed by atoms with Gasteiger partial charge in [-0.2, -0.15) is 0 Å². The van der Waals surface area contributed by atoms with Crippen molar-refractivity contribution in [3.63, 3.8) is 0 Å². The van der Waals surface area contributed by atoms with Gasteiger partial charge in [-0.3, -0.25) is 0 Å². The van der Waals surface area contributed by atoms with Crippen molar-refractivity contribution >= 4 is 18.7 Å². The van der Waals surface area contributed by atoms with E-state index in [0.717, 1.165) is 12.1 Å². The van der Waals surface area contributed by atoms with Gasteiger partial charge in [0, 0.05) is 45.7 Å². The molecule has 0 unspecified atom stereocenters. The molecule has 0 bridgehead atoms. The summed E-state index contributed by atoms with van der Waals surface area (Å²) >= 11 is -5.46. The number of aliphatic hydroxyl groups is 3. The summed E-state index contributed by atoms with van der Waals surface area (Å²) in [5.41, 5.74) is 0. The van der Waals surface area contributed by atoms with Gasteiger partial charge in [-0.15, -0.1) is 0 Å². The van der Waals surface area contributed by atoms with E-state index in [0.29, 0.717) is 37.6 Å². The van der Waals surface area contributed by atoms with E-state index in [2.05, 4.69) is 0 Å². The Morgan fingerprint density at radius 2 is 0.867 bits per heavy atom. The molecule has 3 N–H and O–H groups in total. The summed E-state index contributed by atoms with van der Waals surface area (Å²) in [6.45, 7) is 12.7. The smallest absolute Gasteiger partial charge is 0 e. The molecule has 0 amide bonds. The predicted molar refractivity (Wildman–Crippen MR) is 107 cm³/mol. The Morgan fingerprint density at radius 3 is 1.00 bits per heavy atom. The summed E-state index contributed by atoms with van der Waals surface area (Å²) in [5.74, 6) is 1.32. The predicted octanol–water partition coefficient (Wildman–Crippen LogP) is 3.94. The zero-order chi connectivity index (χ0) is 23.8. The van der Waals surface area contributed by atoms with Crippen LogP contribution in [0.2, 0.25) is 0 Å². The molecule has 0 radical (unpaired) electrons. The van der Waals surface area contributed by atoms with Crippen LogP contribution in [0.3, 0.4) is 0 Å². The molecule has 1 aromatic rings. The van der Waals surface area contributed by atoms with E-state index in [1.807, 2.05) is 41.5 Å². The molecular formula is C19H35F6GeHfO3-. The van der Waals surface area contributed by atoms with Gasteiger partial charge in [0.25, 0.3) is 0 Å². The molecule has 0 heterocycles. The molecule has 0 spiro atoms. The molecule has 0 aliphatic carbocycles. The summed E-state index contributed by atoms with van der Waals surface area (Å²) in [4.78, 5) is 0. The molecule has 1 rings (SSSR count). The monoisotopic (exact) mass is 679 g/mol. The first kappa shape index (κ1) is 37.5. The SMILES string of the molecule is CC(C)CO.CC(C)CO.CC(C)CO.F[C](F)(F)[GeH]([c-]1cccc1)[C](F)(F)F.[Hf]. The fraction of sp³-hybridized carbons (Fsp3) is 0.737. The first-order chi connectivity index (χ1) is 13.0. The van der Waals surface area contributed by atoms with Crippen molar-refractivity contribution in [1.29, 1.82) is 0 Å². The van der Waals surface area contributed by atoms with Crippen LogP contribution in [0.1, 0.15) is 41.5 Å². The maximum Gasteiger partial charge on any atom is 0 e. The van der Waals surface area contributed by atoms with Crippen LogP contribution >= 0.6 is 0 Å². The average Bonchev–Trinajstić information content (AvgIpc) is 3.07. The number of halogens is 6. The molecule has 0 saturated carbocycles. The molecular weight excluding hydrogens is 641 g/mol. The maximum atomic E-state index is 12.1. The molecule has 3 nitrogen and oxygen atoms in total. The molecule has 0 saturated heterocycles. The largest absolute Gasteiger partial charge is 0 e. The van der Waals surface area contributed by atoms with Gasteiger partial charge < -0.3 is 15.3 Å². The molecule has 11 heteroatoms. The number of rotatable bonds is 4. The molecule has 1 aromatic carbocycles. The summed E-state index contributed by atoms with van der Waals surface area (Å²) in [6, 6.07) is 4.16. The topological polar surface area (TPSA) is 60.7 Å². The third-order valence-electron chi connectivity index (χ3n) is 2.77. The summed E-state index contributed by atoms with van der Waals surface area (Å²) in [5, 5.41) is 14.2. The molecule has 0 aliphatic rings. The van der Waals surface area contributed by atoms with Crippen LogP contribution in [0.25, 0.3) is 0 Å². The standard InChI is InChI=1S/C7H5F6Ge.3C4H10O.Hf/c8-6(9,10)14(7(11,12)13)5-3-1-2-4-5;3*1-4(2)3-5;/h1-4,14H;3*4-5H,3H2,1-2H3;/q-1;;;;. The van der Waals surface area contributed by atoms with Gasteiger partial charge in [-0.25, -0.2) is 0 Å². The van der Waals surface area contributed by atoms with Crippen LogP contribution in [0, 0.1) is 17.8 Å². The zero-order valence-electron chi connectivity index (χ0n) is 18.3. The van der Waals surface area contributed by atoms with Gasteiger partial charge in [-0.05, 0) is 17.8 Å². The van der Waals surface area contributed by atoms with Gasteiger partial charge in [0.1, 0.15) is 0 Å². The van der Waals surface area contributed by atoms with E-state index in [1.54, 1.807) is 0 Å². The van der Waals surface area contributed by atoms with Gasteiger partial charge in [0.15, 0.2) is 0 Å². The second kappa shape index (κ2) is 19.9. The van der Waals surface area contributed by atoms with Crippen molar-refractivity contribution in [1.82, 2.24) is 0 Å². The minimum atomic E-state index is -5.46.